The highest BCUT2D eigenvalue weighted by Crippen LogP contribution is 2.27. The third kappa shape index (κ3) is 7.31. The van der Waals surface area contributed by atoms with Crippen LogP contribution in [0, 0.1) is 0 Å². The first kappa shape index (κ1) is 27.7. The standard InChI is InChI=1S/C25H31N3O6S2/c1-3-34-25(31)19-9-11-20(12-10-19)26-23(29)17-27(2)24(30)22-15-21(35)16-28(22)36(32,33)14-13-18-7-5-4-6-8-18/h4-12,21-22,35H,3,13-17H2,1-2H3,(H,26,29). The molecule has 0 saturated carbocycles. The number of esters is 1. The molecule has 1 aliphatic heterocycles. The van der Waals surface area contributed by atoms with E-state index in [1.807, 2.05) is 30.3 Å². The van der Waals surface area contributed by atoms with Gasteiger partial charge >= 0.3 is 5.97 Å². The molecule has 194 valence electrons. The molecule has 0 bridgehead atoms. The molecule has 1 fully saturated rings. The number of likely N-dealkylation sites (N-methyl/N-ethyl adjacent to an activating group) is 1. The first-order chi connectivity index (χ1) is 17.1. The zero-order valence-corrected chi connectivity index (χ0v) is 22.0. The molecule has 11 heteroatoms. The largest absolute Gasteiger partial charge is 0.462 e. The molecule has 0 spiro atoms. The van der Waals surface area contributed by atoms with E-state index in [1.54, 1.807) is 19.1 Å². The Morgan fingerprint density at radius 1 is 1.11 bits per heavy atom. The number of ether oxygens (including phenoxy) is 1. The third-order valence-electron chi connectivity index (χ3n) is 5.80. The van der Waals surface area contributed by atoms with Crippen LogP contribution in [-0.4, -0.2) is 79.2 Å². The van der Waals surface area contributed by atoms with E-state index in [9.17, 15) is 22.8 Å². The fourth-order valence-corrected chi connectivity index (χ4v) is 6.16. The molecule has 2 aromatic rings. The summed E-state index contributed by atoms with van der Waals surface area (Å²) < 4.78 is 32.3. The Balaban J connectivity index is 1.59. The number of nitrogens with one attached hydrogen (secondary N) is 1. The summed E-state index contributed by atoms with van der Waals surface area (Å²) in [5.41, 5.74) is 1.71. The summed E-state index contributed by atoms with van der Waals surface area (Å²) in [4.78, 5) is 38.6. The van der Waals surface area contributed by atoms with Crippen molar-refractivity contribution >= 4 is 46.1 Å². The van der Waals surface area contributed by atoms with E-state index in [4.69, 9.17) is 4.74 Å². The number of hydrogen-bond acceptors (Lipinski definition) is 7. The molecule has 2 aromatic carbocycles. The number of aryl methyl sites for hydroxylation is 1. The van der Waals surface area contributed by atoms with Crippen LogP contribution >= 0.6 is 12.6 Å². The molecule has 9 nitrogen and oxygen atoms in total. The molecule has 0 radical (unpaired) electrons. The summed E-state index contributed by atoms with van der Waals surface area (Å²) in [6, 6.07) is 14.6. The van der Waals surface area contributed by atoms with Crippen LogP contribution in [0.2, 0.25) is 0 Å². The number of anilines is 1. The average Bonchev–Trinajstić information content (AvgIpc) is 3.26. The number of hydrogen-bond donors (Lipinski definition) is 2. The summed E-state index contributed by atoms with van der Waals surface area (Å²) in [5, 5.41) is 2.40. The maximum Gasteiger partial charge on any atom is 0.338 e. The van der Waals surface area contributed by atoms with E-state index in [2.05, 4.69) is 17.9 Å². The Morgan fingerprint density at radius 2 is 1.78 bits per heavy atom. The summed E-state index contributed by atoms with van der Waals surface area (Å²) >= 11 is 4.43. The minimum absolute atomic E-state index is 0.118. The van der Waals surface area contributed by atoms with Crippen LogP contribution in [-0.2, 0) is 30.8 Å². The number of sulfonamides is 1. The first-order valence-corrected chi connectivity index (χ1v) is 13.8. The van der Waals surface area contributed by atoms with Gasteiger partial charge in [0.25, 0.3) is 0 Å². The van der Waals surface area contributed by atoms with E-state index in [-0.39, 0.29) is 37.1 Å². The van der Waals surface area contributed by atoms with E-state index in [0.29, 0.717) is 17.7 Å². The summed E-state index contributed by atoms with van der Waals surface area (Å²) in [7, 11) is -2.25. The maximum atomic E-state index is 13.1. The second-order valence-corrected chi connectivity index (χ2v) is 11.3. The number of carbonyl (C=O) groups excluding carboxylic acids is 3. The van der Waals surface area contributed by atoms with Gasteiger partial charge in [-0.3, -0.25) is 9.59 Å². The number of benzene rings is 2. The molecule has 1 heterocycles. The Bertz CT molecular complexity index is 1170. The number of thiol groups is 1. The lowest BCUT2D eigenvalue weighted by Gasteiger charge is -2.27. The Labute approximate surface area is 217 Å². The Morgan fingerprint density at radius 3 is 2.42 bits per heavy atom. The number of rotatable bonds is 10. The van der Waals surface area contributed by atoms with Gasteiger partial charge in [0, 0.05) is 24.5 Å². The third-order valence-corrected chi connectivity index (χ3v) is 8.02. The fourth-order valence-electron chi connectivity index (χ4n) is 3.98. The van der Waals surface area contributed by atoms with Gasteiger partial charge in [-0.25, -0.2) is 13.2 Å². The smallest absolute Gasteiger partial charge is 0.338 e. The normalized spacial score (nSPS) is 18.0. The van der Waals surface area contributed by atoms with Gasteiger partial charge in [0.15, 0.2) is 0 Å². The molecule has 36 heavy (non-hydrogen) atoms. The number of amides is 2. The molecule has 2 unspecified atom stereocenters. The highest BCUT2D eigenvalue weighted by atomic mass is 32.2. The zero-order valence-electron chi connectivity index (χ0n) is 20.3. The number of nitrogens with zero attached hydrogens (tertiary/aromatic N) is 2. The predicted molar refractivity (Wildman–Crippen MR) is 140 cm³/mol. The molecule has 0 aliphatic carbocycles. The molecular formula is C25H31N3O6S2. The lowest BCUT2D eigenvalue weighted by atomic mass is 10.2. The molecule has 1 saturated heterocycles. The van der Waals surface area contributed by atoms with Crippen molar-refractivity contribution < 1.29 is 27.5 Å². The van der Waals surface area contributed by atoms with Crippen molar-refractivity contribution in [3.05, 3.63) is 65.7 Å². The quantitative estimate of drug-likeness (QED) is 0.358. The van der Waals surface area contributed by atoms with Crippen LogP contribution in [0.25, 0.3) is 0 Å². The molecule has 1 aliphatic rings. The average molecular weight is 534 g/mol. The minimum Gasteiger partial charge on any atom is -0.462 e. The lowest BCUT2D eigenvalue weighted by Crippen LogP contribution is -2.48. The van der Waals surface area contributed by atoms with Crippen molar-refractivity contribution in [2.75, 3.05) is 37.8 Å². The Hall–Kier alpha value is -2.89. The Kier molecular flexibility index (Phi) is 9.52. The van der Waals surface area contributed by atoms with Gasteiger partial charge in [-0.1, -0.05) is 30.3 Å². The second kappa shape index (κ2) is 12.4. The van der Waals surface area contributed by atoms with E-state index < -0.39 is 33.8 Å². The van der Waals surface area contributed by atoms with Gasteiger partial charge in [-0.05, 0) is 49.6 Å². The maximum absolute atomic E-state index is 13.1. The summed E-state index contributed by atoms with van der Waals surface area (Å²) in [6.07, 6.45) is 0.610. The molecular weight excluding hydrogens is 502 g/mol. The first-order valence-electron chi connectivity index (χ1n) is 11.6. The molecule has 1 N–H and O–H groups in total. The van der Waals surface area contributed by atoms with Crippen LogP contribution in [0.15, 0.2) is 54.6 Å². The van der Waals surface area contributed by atoms with E-state index >= 15 is 0 Å². The zero-order chi connectivity index (χ0) is 26.3. The van der Waals surface area contributed by atoms with E-state index in [1.165, 1.54) is 28.4 Å². The highest BCUT2D eigenvalue weighted by Gasteiger charge is 2.43. The van der Waals surface area contributed by atoms with Crippen molar-refractivity contribution in [3.63, 3.8) is 0 Å². The molecule has 3 rings (SSSR count). The molecule has 0 aromatic heterocycles. The van der Waals surface area contributed by atoms with Crippen LogP contribution in [0.5, 0.6) is 0 Å². The van der Waals surface area contributed by atoms with Gasteiger partial charge < -0.3 is 15.0 Å². The van der Waals surface area contributed by atoms with E-state index in [0.717, 1.165) is 5.56 Å². The lowest BCUT2D eigenvalue weighted by molar-refractivity contribution is -0.136. The van der Waals surface area contributed by atoms with Crippen molar-refractivity contribution in [1.82, 2.24) is 9.21 Å². The van der Waals surface area contributed by atoms with Crippen LogP contribution in [0.1, 0.15) is 29.3 Å². The number of carbonyl (C=O) groups is 3. The second-order valence-electron chi connectivity index (χ2n) is 8.57. The molecule has 2 amide bonds. The van der Waals surface area contributed by atoms with Gasteiger partial charge in [0.2, 0.25) is 21.8 Å². The minimum atomic E-state index is -3.71. The van der Waals surface area contributed by atoms with Gasteiger partial charge in [0.05, 0.1) is 24.5 Å². The fraction of sp³-hybridized carbons (Fsp3) is 0.400. The van der Waals surface area contributed by atoms with Gasteiger partial charge in [-0.2, -0.15) is 16.9 Å². The van der Waals surface area contributed by atoms with Crippen molar-refractivity contribution in [2.24, 2.45) is 0 Å². The van der Waals surface area contributed by atoms with Gasteiger partial charge in [-0.15, -0.1) is 0 Å². The summed E-state index contributed by atoms with van der Waals surface area (Å²) in [6.45, 7) is 1.86. The monoisotopic (exact) mass is 533 g/mol. The van der Waals surface area contributed by atoms with Crippen molar-refractivity contribution in [3.8, 4) is 0 Å². The predicted octanol–water partition coefficient (Wildman–Crippen LogP) is 2.21. The van der Waals surface area contributed by atoms with Crippen molar-refractivity contribution in [1.29, 1.82) is 0 Å². The SMILES string of the molecule is CCOC(=O)c1ccc(NC(=O)CN(C)C(=O)C2CC(S)CN2S(=O)(=O)CCc2ccccc2)cc1. The van der Waals surface area contributed by atoms with Crippen LogP contribution in [0.4, 0.5) is 5.69 Å². The van der Waals surface area contributed by atoms with Gasteiger partial charge in [0.1, 0.15) is 6.04 Å². The van der Waals surface area contributed by atoms with Crippen LogP contribution in [0.3, 0.4) is 0 Å². The van der Waals surface area contributed by atoms with Crippen molar-refractivity contribution in [2.45, 2.75) is 31.1 Å². The topological polar surface area (TPSA) is 113 Å². The van der Waals surface area contributed by atoms with Crippen LogP contribution < -0.4 is 5.32 Å². The molecule has 2 atom stereocenters. The highest BCUT2D eigenvalue weighted by molar-refractivity contribution is 7.89. The summed E-state index contributed by atoms with van der Waals surface area (Å²) in [5.74, 6) is -1.48.